The van der Waals surface area contributed by atoms with Gasteiger partial charge in [-0.15, -0.1) is 0 Å². The third-order valence-electron chi connectivity index (χ3n) is 5.59. The highest BCUT2D eigenvalue weighted by atomic mass is 35.5. The number of carbonyl (C=O) groups is 1. The first-order chi connectivity index (χ1) is 13.6. The van der Waals surface area contributed by atoms with E-state index >= 15 is 0 Å². The van der Waals surface area contributed by atoms with Crippen LogP contribution in [-0.4, -0.2) is 30.4 Å². The van der Waals surface area contributed by atoms with Crippen molar-refractivity contribution >= 4 is 28.5 Å². The first kappa shape index (κ1) is 19.0. The molecule has 1 N–H and O–H groups in total. The van der Waals surface area contributed by atoms with Crippen molar-refractivity contribution in [3.63, 3.8) is 0 Å². The average Bonchev–Trinajstić information content (AvgIpc) is 3.07. The zero-order valence-electron chi connectivity index (χ0n) is 16.1. The molecule has 4 rings (SSSR count). The van der Waals surface area contributed by atoms with Gasteiger partial charge in [-0.3, -0.25) is 9.69 Å². The van der Waals surface area contributed by atoms with Crippen LogP contribution in [0.15, 0.2) is 52.9 Å². The van der Waals surface area contributed by atoms with Crippen LogP contribution in [0.1, 0.15) is 47.0 Å². The van der Waals surface area contributed by atoms with Crippen LogP contribution in [0, 0.1) is 6.92 Å². The highest BCUT2D eigenvalue weighted by Gasteiger charge is 2.24. The molecule has 4 nitrogen and oxygen atoms in total. The van der Waals surface area contributed by atoms with E-state index in [0.29, 0.717) is 12.3 Å². The minimum Gasteiger partial charge on any atom is -0.451 e. The van der Waals surface area contributed by atoms with Crippen molar-refractivity contribution in [1.29, 1.82) is 0 Å². The van der Waals surface area contributed by atoms with Crippen LogP contribution in [-0.2, 0) is 0 Å². The third kappa shape index (κ3) is 3.94. The van der Waals surface area contributed by atoms with E-state index < -0.39 is 0 Å². The minimum absolute atomic E-state index is 0.131. The Morgan fingerprint density at radius 2 is 1.82 bits per heavy atom. The monoisotopic (exact) mass is 396 g/mol. The van der Waals surface area contributed by atoms with Crippen LogP contribution >= 0.6 is 11.6 Å². The van der Waals surface area contributed by atoms with Crippen molar-refractivity contribution in [2.24, 2.45) is 0 Å². The van der Waals surface area contributed by atoms with Crippen molar-refractivity contribution in [2.45, 2.75) is 32.2 Å². The van der Waals surface area contributed by atoms with Crippen LogP contribution in [0.5, 0.6) is 0 Å². The summed E-state index contributed by atoms with van der Waals surface area (Å²) in [6, 6.07) is 15.8. The Hall–Kier alpha value is -2.30. The fraction of sp³-hybridized carbons (Fsp3) is 0.348. The van der Waals surface area contributed by atoms with Gasteiger partial charge >= 0.3 is 0 Å². The molecule has 0 bridgehead atoms. The third-order valence-corrected chi connectivity index (χ3v) is 5.84. The molecule has 1 atom stereocenters. The second-order valence-electron chi connectivity index (χ2n) is 7.43. The number of nitrogens with zero attached hydrogens (tertiary/aromatic N) is 1. The Kier molecular flexibility index (Phi) is 5.69. The number of nitrogens with one attached hydrogen (secondary N) is 1. The average molecular weight is 397 g/mol. The first-order valence-corrected chi connectivity index (χ1v) is 10.3. The molecule has 28 heavy (non-hydrogen) atoms. The van der Waals surface area contributed by atoms with Gasteiger partial charge in [-0.2, -0.15) is 0 Å². The number of amides is 1. The predicted molar refractivity (Wildman–Crippen MR) is 113 cm³/mol. The Balaban J connectivity index is 1.53. The van der Waals surface area contributed by atoms with Gasteiger partial charge in [0.1, 0.15) is 5.58 Å². The normalized spacial score (nSPS) is 16.2. The predicted octanol–water partition coefficient (Wildman–Crippen LogP) is 5.35. The van der Waals surface area contributed by atoms with E-state index in [4.69, 9.17) is 16.0 Å². The topological polar surface area (TPSA) is 45.5 Å². The van der Waals surface area contributed by atoms with E-state index in [1.807, 2.05) is 43.3 Å². The molecule has 146 valence electrons. The molecule has 5 heteroatoms. The molecule has 0 unspecified atom stereocenters. The summed E-state index contributed by atoms with van der Waals surface area (Å²) in [5.74, 6) is 0.236. The Morgan fingerprint density at radius 3 is 2.54 bits per heavy atom. The van der Waals surface area contributed by atoms with Crippen molar-refractivity contribution < 1.29 is 9.21 Å². The first-order valence-electron chi connectivity index (χ1n) is 9.89. The molecule has 0 aliphatic carbocycles. The van der Waals surface area contributed by atoms with Crippen molar-refractivity contribution in [3.8, 4) is 0 Å². The zero-order valence-corrected chi connectivity index (χ0v) is 16.8. The van der Waals surface area contributed by atoms with Crippen LogP contribution < -0.4 is 5.32 Å². The van der Waals surface area contributed by atoms with E-state index in [-0.39, 0.29) is 11.9 Å². The lowest BCUT2D eigenvalue weighted by molar-refractivity contribution is 0.0898. The van der Waals surface area contributed by atoms with E-state index in [9.17, 15) is 4.79 Å². The van der Waals surface area contributed by atoms with Gasteiger partial charge in [0.05, 0.1) is 6.04 Å². The van der Waals surface area contributed by atoms with E-state index in [1.54, 1.807) is 0 Å². The molecule has 1 amide bonds. The van der Waals surface area contributed by atoms with Gasteiger partial charge in [-0.05, 0) is 56.6 Å². The summed E-state index contributed by atoms with van der Waals surface area (Å²) in [7, 11) is 0. The number of aryl methyl sites for hydroxylation is 1. The summed E-state index contributed by atoms with van der Waals surface area (Å²) in [5, 5.41) is 4.81. The highest BCUT2D eigenvalue weighted by molar-refractivity contribution is 6.30. The van der Waals surface area contributed by atoms with E-state index in [0.717, 1.165) is 34.6 Å². The molecule has 1 aliphatic heterocycles. The number of hydrogen-bond acceptors (Lipinski definition) is 3. The number of fused-ring (bicyclic) bond motifs is 1. The number of para-hydroxylation sites is 1. The molecule has 1 fully saturated rings. The summed E-state index contributed by atoms with van der Waals surface area (Å²) in [4.78, 5) is 15.3. The molecule has 0 saturated carbocycles. The Morgan fingerprint density at radius 1 is 1.11 bits per heavy atom. The van der Waals surface area contributed by atoms with Crippen LogP contribution in [0.2, 0.25) is 5.02 Å². The molecule has 1 aliphatic rings. The van der Waals surface area contributed by atoms with Crippen LogP contribution in [0.3, 0.4) is 0 Å². The van der Waals surface area contributed by atoms with Gasteiger partial charge in [0.2, 0.25) is 0 Å². The fourth-order valence-corrected chi connectivity index (χ4v) is 4.16. The largest absolute Gasteiger partial charge is 0.451 e. The lowest BCUT2D eigenvalue weighted by atomic mass is 10.0. The summed E-state index contributed by atoms with van der Waals surface area (Å²) in [6.45, 7) is 4.57. The van der Waals surface area contributed by atoms with E-state index in [1.165, 1.54) is 24.8 Å². The van der Waals surface area contributed by atoms with Crippen molar-refractivity contribution in [2.75, 3.05) is 19.6 Å². The maximum absolute atomic E-state index is 12.9. The SMILES string of the molecule is Cc1c(C(=O)NC[C@@H](c2ccc(Cl)cc2)N2CCCCC2)oc2ccccc12. The molecule has 2 aromatic carbocycles. The number of piperidine rings is 1. The quantitative estimate of drug-likeness (QED) is 0.632. The molecular weight excluding hydrogens is 372 g/mol. The van der Waals surface area contributed by atoms with Gasteiger partial charge in [-0.1, -0.05) is 48.4 Å². The fourth-order valence-electron chi connectivity index (χ4n) is 4.03. The number of benzene rings is 2. The highest BCUT2D eigenvalue weighted by Crippen LogP contribution is 2.27. The Labute approximate surface area is 170 Å². The summed E-state index contributed by atoms with van der Waals surface area (Å²) in [5.41, 5.74) is 2.80. The lowest BCUT2D eigenvalue weighted by Crippen LogP contribution is -2.40. The summed E-state index contributed by atoms with van der Waals surface area (Å²) in [6.07, 6.45) is 3.66. The molecular formula is C23H25ClN2O2. The van der Waals surface area contributed by atoms with Crippen LogP contribution in [0.25, 0.3) is 11.0 Å². The van der Waals surface area contributed by atoms with Gasteiger partial charge in [-0.25, -0.2) is 0 Å². The number of hydrogen-bond donors (Lipinski definition) is 1. The van der Waals surface area contributed by atoms with Gasteiger partial charge in [0, 0.05) is 22.5 Å². The van der Waals surface area contributed by atoms with Gasteiger partial charge in [0.15, 0.2) is 5.76 Å². The van der Waals surface area contributed by atoms with Crippen molar-refractivity contribution in [1.82, 2.24) is 10.2 Å². The second kappa shape index (κ2) is 8.38. The molecule has 3 aromatic rings. The lowest BCUT2D eigenvalue weighted by Gasteiger charge is -2.35. The molecule has 1 saturated heterocycles. The molecule has 0 spiro atoms. The van der Waals surface area contributed by atoms with E-state index in [2.05, 4.69) is 22.3 Å². The van der Waals surface area contributed by atoms with Gasteiger partial charge < -0.3 is 9.73 Å². The maximum atomic E-state index is 12.9. The smallest absolute Gasteiger partial charge is 0.287 e. The summed E-state index contributed by atoms with van der Waals surface area (Å²) >= 11 is 6.07. The van der Waals surface area contributed by atoms with Crippen molar-refractivity contribution in [3.05, 3.63) is 70.4 Å². The summed E-state index contributed by atoms with van der Waals surface area (Å²) < 4.78 is 5.82. The number of furan rings is 1. The van der Waals surface area contributed by atoms with Gasteiger partial charge in [0.25, 0.3) is 5.91 Å². The second-order valence-corrected chi connectivity index (χ2v) is 7.86. The zero-order chi connectivity index (χ0) is 19.5. The standard InChI is InChI=1S/C23H25ClN2O2/c1-16-19-7-3-4-8-21(19)28-22(16)23(27)25-15-20(26-13-5-2-6-14-26)17-9-11-18(24)12-10-17/h3-4,7-12,20H,2,5-6,13-15H2,1H3,(H,25,27)/t20-/m0/s1. The number of halogens is 1. The number of carbonyl (C=O) groups excluding carboxylic acids is 1. The minimum atomic E-state index is -0.162. The molecule has 1 aromatic heterocycles. The molecule has 2 heterocycles. The number of rotatable bonds is 5. The molecule has 0 radical (unpaired) electrons. The maximum Gasteiger partial charge on any atom is 0.287 e. The van der Waals surface area contributed by atoms with Crippen LogP contribution in [0.4, 0.5) is 0 Å². The Bertz CT molecular complexity index is 958. The number of likely N-dealkylation sites (tertiary alicyclic amines) is 1.